The van der Waals surface area contributed by atoms with Crippen LogP contribution in [-0.2, 0) is 14.3 Å². The van der Waals surface area contributed by atoms with Gasteiger partial charge in [0, 0.05) is 30.6 Å². The van der Waals surface area contributed by atoms with Crippen molar-refractivity contribution in [2.45, 2.75) is 82.5 Å². The monoisotopic (exact) mass is 429 g/mol. The highest BCUT2D eigenvalue weighted by molar-refractivity contribution is 5.71. The van der Waals surface area contributed by atoms with Crippen LogP contribution in [0.1, 0.15) is 46.0 Å². The minimum absolute atomic E-state index is 0.0734. The Morgan fingerprint density at radius 1 is 1.27 bits per heavy atom. The Balaban J connectivity index is 2.04. The lowest BCUT2D eigenvalue weighted by molar-refractivity contribution is -0.139. The second kappa shape index (κ2) is 12.9. The van der Waals surface area contributed by atoms with Gasteiger partial charge in [0.15, 0.2) is 0 Å². The summed E-state index contributed by atoms with van der Waals surface area (Å²) in [5.41, 5.74) is 11.6. The first-order valence-electron chi connectivity index (χ1n) is 11.4. The number of nitrogens with two attached hydrogens (primary N) is 2. The van der Waals surface area contributed by atoms with Gasteiger partial charge in [0.1, 0.15) is 0 Å². The molecule has 2 aliphatic rings. The number of hydrogen-bond acceptors (Lipinski definition) is 9. The van der Waals surface area contributed by atoms with E-state index in [2.05, 4.69) is 29.8 Å². The molecular weight excluding hydrogens is 386 g/mol. The molecule has 0 aromatic rings. The van der Waals surface area contributed by atoms with Crippen LogP contribution in [0.4, 0.5) is 0 Å². The minimum atomic E-state index is -0.602. The molecule has 9 nitrogen and oxygen atoms in total. The number of ether oxygens (including phenoxy) is 2. The van der Waals surface area contributed by atoms with Gasteiger partial charge in [-0.15, -0.1) is 0 Å². The van der Waals surface area contributed by atoms with Gasteiger partial charge >= 0.3 is 5.97 Å². The normalized spacial score (nSPS) is 33.4. The molecule has 1 saturated heterocycles. The van der Waals surface area contributed by atoms with E-state index in [1.165, 1.54) is 7.11 Å². The summed E-state index contributed by atoms with van der Waals surface area (Å²) in [5.74, 6) is 0.374. The third-order valence-corrected chi connectivity index (χ3v) is 6.40. The molecule has 0 bridgehead atoms. The molecular formula is C21H43N5O4. The first kappa shape index (κ1) is 25.5. The number of aliphatic hydroxyl groups excluding tert-OH is 1. The van der Waals surface area contributed by atoms with Gasteiger partial charge in [0.05, 0.1) is 38.6 Å². The smallest absolute Gasteiger partial charge is 0.319 e. The summed E-state index contributed by atoms with van der Waals surface area (Å²) in [6.07, 6.45) is 4.75. The summed E-state index contributed by atoms with van der Waals surface area (Å²) in [6, 6.07) is 0.735. The fraction of sp³-hybridized carbons (Fsp3) is 0.952. The molecule has 1 saturated carbocycles. The fourth-order valence-electron chi connectivity index (χ4n) is 4.80. The number of rotatable bonds is 11. The summed E-state index contributed by atoms with van der Waals surface area (Å²) in [5, 5.41) is 20.5. The first-order chi connectivity index (χ1) is 14.4. The van der Waals surface area contributed by atoms with Crippen LogP contribution in [0.2, 0.25) is 0 Å². The molecule has 0 spiro atoms. The molecule has 1 heterocycles. The van der Waals surface area contributed by atoms with Crippen LogP contribution in [0.15, 0.2) is 0 Å². The molecule has 0 aromatic carbocycles. The predicted molar refractivity (Wildman–Crippen MR) is 117 cm³/mol. The molecule has 2 fully saturated rings. The van der Waals surface area contributed by atoms with Crippen molar-refractivity contribution < 1.29 is 19.4 Å². The second-order valence-electron chi connectivity index (χ2n) is 9.04. The summed E-state index contributed by atoms with van der Waals surface area (Å²) in [7, 11) is 1.41. The van der Waals surface area contributed by atoms with Gasteiger partial charge < -0.3 is 31.4 Å². The van der Waals surface area contributed by atoms with Crippen LogP contribution in [0.25, 0.3) is 0 Å². The van der Waals surface area contributed by atoms with E-state index >= 15 is 0 Å². The number of piperidine rings is 1. The van der Waals surface area contributed by atoms with Crippen LogP contribution < -0.4 is 27.4 Å². The third kappa shape index (κ3) is 7.71. The highest BCUT2D eigenvalue weighted by atomic mass is 16.5. The summed E-state index contributed by atoms with van der Waals surface area (Å²) in [4.78, 5) is 11.7. The van der Waals surface area contributed by atoms with Crippen LogP contribution in [0.5, 0.6) is 0 Å². The molecule has 9 heteroatoms. The lowest BCUT2D eigenvalue weighted by Gasteiger charge is -2.47. The Morgan fingerprint density at radius 3 is 2.67 bits per heavy atom. The van der Waals surface area contributed by atoms with E-state index < -0.39 is 6.10 Å². The van der Waals surface area contributed by atoms with Gasteiger partial charge in [-0.2, -0.15) is 0 Å². The van der Waals surface area contributed by atoms with E-state index in [0.717, 1.165) is 32.1 Å². The van der Waals surface area contributed by atoms with Crippen molar-refractivity contribution in [2.24, 2.45) is 23.3 Å². The summed E-state index contributed by atoms with van der Waals surface area (Å²) >= 11 is 0. The van der Waals surface area contributed by atoms with E-state index in [1.54, 1.807) is 0 Å². The highest BCUT2D eigenvalue weighted by Crippen LogP contribution is 2.33. The molecule has 7 atom stereocenters. The SMILES string of the molecule is COC(=O)CNC1CC(C2CCCC(OCC(O)CN)C2)NC(NC(C)C)C1CN. The minimum Gasteiger partial charge on any atom is -0.468 e. The Labute approximate surface area is 181 Å². The van der Waals surface area contributed by atoms with E-state index in [0.29, 0.717) is 31.2 Å². The van der Waals surface area contributed by atoms with Crippen LogP contribution >= 0.6 is 0 Å². The molecule has 1 aliphatic carbocycles. The standard InChI is InChI=1S/C21H43N5O4/c1-13(2)25-21-17(10-23)19(24-11-20(28)29-3)8-18(26-21)14-5-4-6-16(7-14)30-12-15(27)9-22/h13-19,21,24-27H,4-12,22-23H2,1-3H3. The van der Waals surface area contributed by atoms with Crippen molar-refractivity contribution in [1.29, 1.82) is 0 Å². The Morgan fingerprint density at radius 2 is 2.03 bits per heavy atom. The van der Waals surface area contributed by atoms with Gasteiger partial charge in [0.25, 0.3) is 0 Å². The van der Waals surface area contributed by atoms with Crippen LogP contribution in [-0.4, -0.2) is 80.9 Å². The number of carbonyl (C=O) groups is 1. The molecule has 7 unspecified atom stereocenters. The van der Waals surface area contributed by atoms with Crippen molar-refractivity contribution in [2.75, 3.05) is 33.4 Å². The molecule has 0 aromatic heterocycles. The number of carbonyl (C=O) groups excluding carboxylic acids is 1. The number of nitrogens with one attached hydrogen (secondary N) is 3. The molecule has 0 radical (unpaired) electrons. The molecule has 8 N–H and O–H groups in total. The fourth-order valence-corrected chi connectivity index (χ4v) is 4.80. The Hall–Kier alpha value is -0.810. The topological polar surface area (TPSA) is 144 Å². The van der Waals surface area contributed by atoms with E-state index in [9.17, 15) is 9.90 Å². The van der Waals surface area contributed by atoms with E-state index in [-0.39, 0.29) is 43.3 Å². The van der Waals surface area contributed by atoms with Gasteiger partial charge in [-0.05, 0) is 52.0 Å². The van der Waals surface area contributed by atoms with Crippen LogP contribution in [0.3, 0.4) is 0 Å². The largest absolute Gasteiger partial charge is 0.468 e. The number of esters is 1. The van der Waals surface area contributed by atoms with Gasteiger partial charge in [-0.25, -0.2) is 0 Å². The highest BCUT2D eigenvalue weighted by Gasteiger charge is 2.41. The summed E-state index contributed by atoms with van der Waals surface area (Å²) < 4.78 is 10.7. The zero-order valence-corrected chi connectivity index (χ0v) is 18.8. The van der Waals surface area contributed by atoms with Gasteiger partial charge in [0.2, 0.25) is 0 Å². The molecule has 1 aliphatic heterocycles. The lowest BCUT2D eigenvalue weighted by Crippen LogP contribution is -2.67. The number of aliphatic hydroxyl groups is 1. The van der Waals surface area contributed by atoms with Crippen molar-refractivity contribution in [3.05, 3.63) is 0 Å². The van der Waals surface area contributed by atoms with Crippen molar-refractivity contribution in [1.82, 2.24) is 16.0 Å². The first-order valence-corrected chi connectivity index (χ1v) is 11.4. The van der Waals surface area contributed by atoms with Crippen molar-refractivity contribution in [3.63, 3.8) is 0 Å². The number of hydrogen-bond donors (Lipinski definition) is 6. The maximum absolute atomic E-state index is 11.7. The Kier molecular flexibility index (Phi) is 10.9. The molecule has 176 valence electrons. The predicted octanol–water partition coefficient (Wildman–Crippen LogP) is -0.726. The summed E-state index contributed by atoms with van der Waals surface area (Å²) in [6.45, 7) is 5.48. The third-order valence-electron chi connectivity index (χ3n) is 6.40. The van der Waals surface area contributed by atoms with Crippen molar-refractivity contribution in [3.8, 4) is 0 Å². The number of methoxy groups -OCH3 is 1. The van der Waals surface area contributed by atoms with Gasteiger partial charge in [-0.3, -0.25) is 15.4 Å². The maximum atomic E-state index is 11.7. The van der Waals surface area contributed by atoms with Crippen LogP contribution in [0, 0.1) is 11.8 Å². The van der Waals surface area contributed by atoms with E-state index in [4.69, 9.17) is 20.9 Å². The molecule has 30 heavy (non-hydrogen) atoms. The quantitative estimate of drug-likeness (QED) is 0.234. The second-order valence-corrected chi connectivity index (χ2v) is 9.04. The Bertz CT molecular complexity index is 510. The van der Waals surface area contributed by atoms with Gasteiger partial charge in [-0.1, -0.05) is 6.42 Å². The van der Waals surface area contributed by atoms with Crippen molar-refractivity contribution >= 4 is 5.97 Å². The molecule has 0 amide bonds. The lowest BCUT2D eigenvalue weighted by atomic mass is 9.75. The average Bonchev–Trinajstić information content (AvgIpc) is 2.75. The maximum Gasteiger partial charge on any atom is 0.319 e. The van der Waals surface area contributed by atoms with E-state index in [1.807, 2.05) is 0 Å². The molecule has 2 rings (SSSR count). The zero-order chi connectivity index (χ0) is 22.1. The zero-order valence-electron chi connectivity index (χ0n) is 18.8. The average molecular weight is 430 g/mol.